The fraction of sp³-hybridized carbons (Fsp3) is 0.357. The largest absolute Gasteiger partial charge is 0.361 e. The van der Waals surface area contributed by atoms with Crippen molar-refractivity contribution in [3.05, 3.63) is 52.7 Å². The van der Waals surface area contributed by atoms with Crippen molar-refractivity contribution >= 4 is 0 Å². The third kappa shape index (κ3) is 2.59. The molecule has 0 spiro atoms. The van der Waals surface area contributed by atoms with Crippen molar-refractivity contribution in [3.8, 4) is 0 Å². The maximum atomic E-state index is 13.5. The number of aryl methyl sites for hydroxylation is 2. The molecule has 96 valence electrons. The lowest BCUT2D eigenvalue weighted by Gasteiger charge is -2.14. The molecule has 0 radical (unpaired) electrons. The number of nitrogens with one attached hydrogen (secondary N) is 1. The van der Waals surface area contributed by atoms with Crippen molar-refractivity contribution in [1.82, 2.24) is 10.5 Å². The molecule has 3 nitrogen and oxygen atoms in total. The van der Waals surface area contributed by atoms with E-state index in [-0.39, 0.29) is 11.9 Å². The topological polar surface area (TPSA) is 38.1 Å². The zero-order chi connectivity index (χ0) is 13.1. The lowest BCUT2D eigenvalue weighted by Crippen LogP contribution is -2.19. The molecule has 0 bridgehead atoms. The van der Waals surface area contributed by atoms with E-state index in [2.05, 4.69) is 10.5 Å². The summed E-state index contributed by atoms with van der Waals surface area (Å²) in [5.74, 6) is 0.622. The number of hydrogen-bond donors (Lipinski definition) is 1. The Labute approximate surface area is 106 Å². The molecule has 1 unspecified atom stereocenters. The number of nitrogens with zero attached hydrogens (tertiary/aromatic N) is 1. The fourth-order valence-corrected chi connectivity index (χ4v) is 2.12. The minimum Gasteiger partial charge on any atom is -0.361 e. The predicted octanol–water partition coefficient (Wildman–Crippen LogP) is 3.28. The average Bonchev–Trinajstić information content (AvgIpc) is 2.68. The molecule has 0 aliphatic heterocycles. The Kier molecular flexibility index (Phi) is 3.77. The van der Waals surface area contributed by atoms with Gasteiger partial charge in [-0.15, -0.1) is 0 Å². The van der Waals surface area contributed by atoms with Gasteiger partial charge in [0.05, 0.1) is 5.69 Å². The van der Waals surface area contributed by atoms with E-state index in [9.17, 15) is 4.39 Å². The lowest BCUT2D eigenvalue weighted by atomic mass is 10.1. The smallest absolute Gasteiger partial charge is 0.138 e. The molecule has 2 rings (SSSR count). The van der Waals surface area contributed by atoms with Crippen molar-refractivity contribution in [3.63, 3.8) is 0 Å². The molecule has 18 heavy (non-hydrogen) atoms. The minimum atomic E-state index is -0.184. The van der Waals surface area contributed by atoms with Crippen LogP contribution in [0.5, 0.6) is 0 Å². The van der Waals surface area contributed by atoms with E-state index in [1.54, 1.807) is 12.1 Å². The first-order valence-electron chi connectivity index (χ1n) is 5.99. The minimum absolute atomic E-state index is 0.0795. The number of rotatable bonds is 4. The summed E-state index contributed by atoms with van der Waals surface area (Å²) >= 11 is 0. The zero-order valence-corrected chi connectivity index (χ0v) is 10.8. The van der Waals surface area contributed by atoms with Gasteiger partial charge in [0, 0.05) is 23.7 Å². The second kappa shape index (κ2) is 5.31. The highest BCUT2D eigenvalue weighted by atomic mass is 19.1. The molecule has 1 aromatic carbocycles. The zero-order valence-electron chi connectivity index (χ0n) is 10.8. The summed E-state index contributed by atoms with van der Waals surface area (Å²) in [5, 5.41) is 7.20. The van der Waals surface area contributed by atoms with E-state index in [1.165, 1.54) is 6.07 Å². The average molecular weight is 248 g/mol. The van der Waals surface area contributed by atoms with E-state index in [0.717, 1.165) is 17.0 Å². The highest BCUT2D eigenvalue weighted by Crippen LogP contribution is 2.21. The van der Waals surface area contributed by atoms with E-state index in [4.69, 9.17) is 4.52 Å². The molecule has 4 heteroatoms. The SMILES string of the molecule is Cc1noc(C)c1C(C)NCc1ccccc1F. The van der Waals surface area contributed by atoms with Gasteiger partial charge in [0.1, 0.15) is 11.6 Å². The second-order valence-corrected chi connectivity index (χ2v) is 4.43. The second-order valence-electron chi connectivity index (χ2n) is 4.43. The van der Waals surface area contributed by atoms with Crippen LogP contribution in [0.2, 0.25) is 0 Å². The summed E-state index contributed by atoms with van der Waals surface area (Å²) in [6, 6.07) is 6.85. The van der Waals surface area contributed by atoms with Gasteiger partial charge in [-0.05, 0) is 26.8 Å². The Hall–Kier alpha value is -1.68. The van der Waals surface area contributed by atoms with Crippen LogP contribution in [0.4, 0.5) is 4.39 Å². The molecule has 1 heterocycles. The van der Waals surface area contributed by atoms with Gasteiger partial charge in [-0.2, -0.15) is 0 Å². The van der Waals surface area contributed by atoms with E-state index in [0.29, 0.717) is 12.1 Å². The van der Waals surface area contributed by atoms with Crippen molar-refractivity contribution in [1.29, 1.82) is 0 Å². The summed E-state index contributed by atoms with van der Waals surface area (Å²) in [6.07, 6.45) is 0. The summed E-state index contributed by atoms with van der Waals surface area (Å²) in [4.78, 5) is 0. The van der Waals surface area contributed by atoms with Crippen LogP contribution in [0.3, 0.4) is 0 Å². The van der Waals surface area contributed by atoms with Gasteiger partial charge in [0.15, 0.2) is 0 Å². The maximum Gasteiger partial charge on any atom is 0.138 e. The third-order valence-electron chi connectivity index (χ3n) is 3.08. The summed E-state index contributed by atoms with van der Waals surface area (Å²) in [6.45, 7) is 6.30. The lowest BCUT2D eigenvalue weighted by molar-refractivity contribution is 0.390. The van der Waals surface area contributed by atoms with Crippen LogP contribution in [-0.4, -0.2) is 5.16 Å². The summed E-state index contributed by atoms with van der Waals surface area (Å²) in [7, 11) is 0. The van der Waals surface area contributed by atoms with E-state index in [1.807, 2.05) is 26.8 Å². The molecule has 0 saturated carbocycles. The Morgan fingerprint density at radius 3 is 2.67 bits per heavy atom. The van der Waals surface area contributed by atoms with Crippen molar-refractivity contribution in [2.45, 2.75) is 33.4 Å². The molecular formula is C14H17FN2O. The van der Waals surface area contributed by atoms with Crippen molar-refractivity contribution in [2.75, 3.05) is 0 Å². The normalized spacial score (nSPS) is 12.7. The molecule has 0 amide bonds. The molecule has 0 aliphatic carbocycles. The highest BCUT2D eigenvalue weighted by molar-refractivity contribution is 5.25. The monoisotopic (exact) mass is 248 g/mol. The Balaban J connectivity index is 2.05. The van der Waals surface area contributed by atoms with Crippen LogP contribution in [0.15, 0.2) is 28.8 Å². The predicted molar refractivity (Wildman–Crippen MR) is 67.6 cm³/mol. The molecule has 2 aromatic rings. The van der Waals surface area contributed by atoms with E-state index < -0.39 is 0 Å². The molecule has 1 N–H and O–H groups in total. The standard InChI is InChI=1S/C14H17FN2O/c1-9(14-10(2)17-18-11(14)3)16-8-12-6-4-5-7-13(12)15/h4-7,9,16H,8H2,1-3H3. The maximum absolute atomic E-state index is 13.5. The number of benzene rings is 1. The first kappa shape index (κ1) is 12.8. The number of hydrogen-bond acceptors (Lipinski definition) is 3. The van der Waals surface area contributed by atoms with Crippen LogP contribution in [0.25, 0.3) is 0 Å². The van der Waals surface area contributed by atoms with E-state index >= 15 is 0 Å². The number of halogens is 1. The van der Waals surface area contributed by atoms with Crippen LogP contribution in [0.1, 0.15) is 35.5 Å². The van der Waals surface area contributed by atoms with Crippen LogP contribution in [-0.2, 0) is 6.54 Å². The Morgan fingerprint density at radius 2 is 2.06 bits per heavy atom. The van der Waals surface area contributed by atoms with Gasteiger partial charge < -0.3 is 9.84 Å². The Bertz CT molecular complexity index is 517. The molecule has 0 fully saturated rings. The van der Waals surface area contributed by atoms with Crippen LogP contribution in [0, 0.1) is 19.7 Å². The molecule has 1 atom stereocenters. The third-order valence-corrected chi connectivity index (χ3v) is 3.08. The first-order valence-corrected chi connectivity index (χ1v) is 5.99. The van der Waals surface area contributed by atoms with Crippen LogP contribution >= 0.6 is 0 Å². The molecule has 0 aliphatic rings. The Morgan fingerprint density at radius 1 is 1.33 bits per heavy atom. The summed E-state index contributed by atoms with van der Waals surface area (Å²) < 4.78 is 18.6. The van der Waals surface area contributed by atoms with Gasteiger partial charge >= 0.3 is 0 Å². The van der Waals surface area contributed by atoms with Gasteiger partial charge in [-0.3, -0.25) is 0 Å². The quantitative estimate of drug-likeness (QED) is 0.902. The van der Waals surface area contributed by atoms with Gasteiger partial charge in [-0.1, -0.05) is 23.4 Å². The number of aromatic nitrogens is 1. The highest BCUT2D eigenvalue weighted by Gasteiger charge is 2.16. The molecule has 0 saturated heterocycles. The van der Waals surface area contributed by atoms with Gasteiger partial charge in [0.2, 0.25) is 0 Å². The van der Waals surface area contributed by atoms with Gasteiger partial charge in [0.25, 0.3) is 0 Å². The van der Waals surface area contributed by atoms with Crippen molar-refractivity contribution in [2.24, 2.45) is 0 Å². The fourth-order valence-electron chi connectivity index (χ4n) is 2.12. The van der Waals surface area contributed by atoms with Gasteiger partial charge in [-0.25, -0.2) is 4.39 Å². The molecule has 1 aromatic heterocycles. The summed E-state index contributed by atoms with van der Waals surface area (Å²) in [5.41, 5.74) is 2.59. The molecular weight excluding hydrogens is 231 g/mol. The van der Waals surface area contributed by atoms with Crippen molar-refractivity contribution < 1.29 is 8.91 Å². The van der Waals surface area contributed by atoms with Crippen LogP contribution < -0.4 is 5.32 Å². The first-order chi connectivity index (χ1) is 8.59.